The van der Waals surface area contributed by atoms with Crippen LogP contribution in [0.4, 0.5) is 0 Å². The molecule has 0 aromatic rings. The molecule has 0 aromatic heterocycles. The van der Waals surface area contributed by atoms with Crippen molar-refractivity contribution >= 4 is 5.91 Å². The minimum Gasteiger partial charge on any atom is -0.394 e. The first-order chi connectivity index (χ1) is 39.1. The van der Waals surface area contributed by atoms with Crippen LogP contribution in [0.15, 0.2) is 0 Å². The van der Waals surface area contributed by atoms with E-state index in [0.29, 0.717) is 12.8 Å². The highest BCUT2D eigenvalue weighted by Crippen LogP contribution is 2.30. The van der Waals surface area contributed by atoms with Crippen LogP contribution in [0.3, 0.4) is 0 Å². The predicted octanol–water partition coefficient (Wildman–Crippen LogP) is 13.2. The molecule has 0 radical (unpaired) electrons. The first-order valence-electron chi connectivity index (χ1n) is 34.3. The molecule has 0 aromatic carbocycles. The molecule has 9 N–H and O–H groups in total. The molecule has 2 fully saturated rings. The zero-order chi connectivity index (χ0) is 58.1. The highest BCUT2D eigenvalue weighted by Gasteiger charge is 2.51. The summed E-state index contributed by atoms with van der Waals surface area (Å²) >= 11 is 0. The van der Waals surface area contributed by atoms with E-state index in [1.54, 1.807) is 0 Å². The number of unbranched alkanes of at least 4 members (excludes halogenated alkanes) is 44. The first kappa shape index (κ1) is 75.1. The van der Waals surface area contributed by atoms with Crippen LogP contribution in [-0.4, -0.2) is 140 Å². The lowest BCUT2D eigenvalue weighted by Gasteiger charge is -2.46. The van der Waals surface area contributed by atoms with Gasteiger partial charge in [-0.25, -0.2) is 0 Å². The Kier molecular flexibility index (Phi) is 49.1. The summed E-state index contributed by atoms with van der Waals surface area (Å²) in [4.78, 5) is 13.2. The number of rotatable bonds is 57. The largest absolute Gasteiger partial charge is 0.394 e. The smallest absolute Gasteiger partial charge is 0.220 e. The van der Waals surface area contributed by atoms with Crippen molar-refractivity contribution in [2.75, 3.05) is 19.8 Å². The average Bonchev–Trinajstić information content (AvgIpc) is 3.49. The molecule has 12 unspecified atom stereocenters. The number of aliphatic hydroxyl groups is 8. The van der Waals surface area contributed by atoms with Crippen LogP contribution < -0.4 is 5.32 Å². The summed E-state index contributed by atoms with van der Waals surface area (Å²) in [6.45, 7) is 2.79. The normalized spacial score (nSPS) is 24.1. The van der Waals surface area contributed by atoms with E-state index in [0.717, 1.165) is 57.8 Å². The van der Waals surface area contributed by atoms with E-state index in [2.05, 4.69) is 19.2 Å². The highest BCUT2D eigenvalue weighted by molar-refractivity contribution is 5.76. The van der Waals surface area contributed by atoms with Gasteiger partial charge in [0, 0.05) is 6.42 Å². The number of carbonyl (C=O) groups is 1. The SMILES string of the molecule is CCCCCCCCCCCCCCCCCCCCCCCCCCCCCCCCCCCCCCCCCCCC(=O)NC(COC1OC(CO)C(OC2OC(CO)C(O)C(O)C2O)C(O)C1O)C(O)CCCCCCC. The number of aliphatic hydroxyl groups excluding tert-OH is 8. The maximum atomic E-state index is 13.2. The quantitative estimate of drug-likeness (QED) is 0.0259. The third-order valence-electron chi connectivity index (χ3n) is 17.3. The Morgan fingerprint density at radius 1 is 0.400 bits per heavy atom. The van der Waals surface area contributed by atoms with E-state index in [-0.39, 0.29) is 12.5 Å². The third kappa shape index (κ3) is 36.7. The maximum absolute atomic E-state index is 13.2. The monoisotopic (exact) mass is 1140 g/mol. The molecular weight excluding hydrogens is 1010 g/mol. The standard InChI is InChI=1S/C66H129NO13/c1-3-5-7-9-10-11-12-13-14-15-16-17-18-19-20-21-22-23-24-25-26-27-28-29-30-31-32-33-34-35-36-37-38-39-40-41-42-43-44-46-48-50-58(71)67-54(55(70)49-47-45-8-6-4-2)53-77-65-63(76)61(74)64(57(52-69)79-65)80-66-62(75)60(73)59(72)56(51-68)78-66/h54-57,59-66,68-70,72-76H,3-53H2,1-2H3,(H,67,71). The Bertz CT molecular complexity index is 1350. The van der Waals surface area contributed by atoms with Crippen molar-refractivity contribution in [3.8, 4) is 0 Å². The average molecular weight is 1140 g/mol. The van der Waals surface area contributed by atoms with E-state index < -0.39 is 86.8 Å². The van der Waals surface area contributed by atoms with Gasteiger partial charge < -0.3 is 65.1 Å². The van der Waals surface area contributed by atoms with Crippen LogP contribution in [0.1, 0.15) is 322 Å². The lowest BCUT2D eigenvalue weighted by molar-refractivity contribution is -0.359. The molecule has 2 saturated heterocycles. The van der Waals surface area contributed by atoms with E-state index in [1.807, 2.05) is 0 Å². The minimum atomic E-state index is -1.78. The molecule has 2 rings (SSSR count). The van der Waals surface area contributed by atoms with Crippen molar-refractivity contribution in [2.45, 2.75) is 396 Å². The number of nitrogens with one attached hydrogen (secondary N) is 1. The lowest BCUT2D eigenvalue weighted by Crippen LogP contribution is -2.65. The van der Waals surface area contributed by atoms with Crippen LogP contribution >= 0.6 is 0 Å². The van der Waals surface area contributed by atoms with Gasteiger partial charge in [0.15, 0.2) is 12.6 Å². The summed E-state index contributed by atoms with van der Waals surface area (Å²) in [5.41, 5.74) is 0. The van der Waals surface area contributed by atoms with Crippen molar-refractivity contribution in [1.29, 1.82) is 0 Å². The number of amides is 1. The number of carbonyl (C=O) groups excluding carboxylic acids is 1. The molecule has 2 heterocycles. The Morgan fingerprint density at radius 2 is 0.713 bits per heavy atom. The maximum Gasteiger partial charge on any atom is 0.220 e. The zero-order valence-electron chi connectivity index (χ0n) is 51.6. The Labute approximate surface area is 489 Å². The molecule has 0 bridgehead atoms. The summed E-state index contributed by atoms with van der Waals surface area (Å²) in [6, 6.07) is -0.820. The number of hydrogen-bond donors (Lipinski definition) is 9. The van der Waals surface area contributed by atoms with Gasteiger partial charge in [0.2, 0.25) is 5.91 Å². The van der Waals surface area contributed by atoms with Gasteiger partial charge >= 0.3 is 0 Å². The van der Waals surface area contributed by atoms with Gasteiger partial charge in [-0.1, -0.05) is 303 Å². The van der Waals surface area contributed by atoms with Crippen LogP contribution in [0.25, 0.3) is 0 Å². The zero-order valence-corrected chi connectivity index (χ0v) is 51.6. The van der Waals surface area contributed by atoms with Gasteiger partial charge in [-0.05, 0) is 12.8 Å². The van der Waals surface area contributed by atoms with Crippen molar-refractivity contribution in [3.05, 3.63) is 0 Å². The predicted molar refractivity (Wildman–Crippen MR) is 323 cm³/mol. The van der Waals surface area contributed by atoms with Crippen molar-refractivity contribution in [2.24, 2.45) is 0 Å². The molecule has 12 atom stereocenters. The summed E-state index contributed by atoms with van der Waals surface area (Å²) in [5.74, 6) is -0.207. The second-order valence-electron chi connectivity index (χ2n) is 24.7. The van der Waals surface area contributed by atoms with E-state index in [4.69, 9.17) is 18.9 Å². The Balaban J connectivity index is 1.42. The number of ether oxygens (including phenoxy) is 4. The van der Waals surface area contributed by atoms with E-state index in [9.17, 15) is 45.6 Å². The fraction of sp³-hybridized carbons (Fsp3) is 0.985. The van der Waals surface area contributed by atoms with Crippen molar-refractivity contribution in [3.63, 3.8) is 0 Å². The summed E-state index contributed by atoms with van der Waals surface area (Å²) < 4.78 is 22.7. The fourth-order valence-electron chi connectivity index (χ4n) is 11.8. The molecule has 2 aliphatic heterocycles. The lowest BCUT2D eigenvalue weighted by atomic mass is 9.97. The molecule has 0 spiro atoms. The second kappa shape index (κ2) is 52.3. The van der Waals surface area contributed by atoms with Crippen LogP contribution in [0, 0.1) is 0 Å². The first-order valence-corrected chi connectivity index (χ1v) is 34.3. The summed E-state index contributed by atoms with van der Waals surface area (Å²) in [6.07, 6.45) is 45.4. The van der Waals surface area contributed by atoms with Gasteiger partial charge in [-0.15, -0.1) is 0 Å². The molecule has 14 nitrogen and oxygen atoms in total. The molecule has 14 heteroatoms. The Morgan fingerprint density at radius 3 is 1.06 bits per heavy atom. The van der Waals surface area contributed by atoms with Crippen LogP contribution in [-0.2, 0) is 23.7 Å². The molecular formula is C66H129NO13. The van der Waals surface area contributed by atoms with Gasteiger partial charge in [0.25, 0.3) is 0 Å². The van der Waals surface area contributed by atoms with Crippen molar-refractivity contribution in [1.82, 2.24) is 5.32 Å². The van der Waals surface area contributed by atoms with E-state index >= 15 is 0 Å². The highest BCUT2D eigenvalue weighted by atomic mass is 16.7. The molecule has 0 saturated carbocycles. The Hall–Kier alpha value is -1.01. The topological polar surface area (TPSA) is 228 Å². The van der Waals surface area contributed by atoms with Gasteiger partial charge in [0.1, 0.15) is 48.8 Å². The third-order valence-corrected chi connectivity index (χ3v) is 17.3. The summed E-state index contributed by atoms with van der Waals surface area (Å²) in [5, 5.41) is 86.6. The molecule has 80 heavy (non-hydrogen) atoms. The van der Waals surface area contributed by atoms with Crippen LogP contribution in [0.5, 0.6) is 0 Å². The summed E-state index contributed by atoms with van der Waals surface area (Å²) in [7, 11) is 0. The minimum absolute atomic E-state index is 0.207. The van der Waals surface area contributed by atoms with Gasteiger partial charge in [0.05, 0.1) is 32.0 Å². The molecule has 476 valence electrons. The second-order valence-corrected chi connectivity index (χ2v) is 24.7. The number of hydrogen-bond acceptors (Lipinski definition) is 13. The van der Waals surface area contributed by atoms with Crippen LogP contribution in [0.2, 0.25) is 0 Å². The molecule has 1 amide bonds. The fourth-order valence-corrected chi connectivity index (χ4v) is 11.8. The van der Waals surface area contributed by atoms with E-state index in [1.165, 1.54) is 238 Å². The van der Waals surface area contributed by atoms with Crippen molar-refractivity contribution < 1.29 is 64.6 Å². The molecule has 0 aliphatic carbocycles. The van der Waals surface area contributed by atoms with Gasteiger partial charge in [-0.3, -0.25) is 4.79 Å². The van der Waals surface area contributed by atoms with Gasteiger partial charge in [-0.2, -0.15) is 0 Å². The molecule has 2 aliphatic rings.